The second-order valence-electron chi connectivity index (χ2n) is 4.59. The number of piperidine rings is 1. The van der Waals surface area contributed by atoms with Crippen molar-refractivity contribution in [2.24, 2.45) is 5.92 Å². The Morgan fingerprint density at radius 3 is 2.80 bits per heavy atom. The van der Waals surface area contributed by atoms with Gasteiger partial charge in [0.1, 0.15) is 0 Å². The van der Waals surface area contributed by atoms with Gasteiger partial charge in [-0.3, -0.25) is 0 Å². The van der Waals surface area contributed by atoms with Crippen molar-refractivity contribution in [3.8, 4) is 0 Å². The summed E-state index contributed by atoms with van der Waals surface area (Å²) in [6.07, 6.45) is 2.01. The Balaban J connectivity index is 2.12. The van der Waals surface area contributed by atoms with E-state index in [1.54, 1.807) is 0 Å². The lowest BCUT2D eigenvalue weighted by molar-refractivity contribution is 0.113. The molecular weight excluding hydrogens is 192 g/mol. The maximum Gasteiger partial charge on any atom is 0.407 e. The minimum absolute atomic E-state index is 0.0468. The van der Waals surface area contributed by atoms with Gasteiger partial charge in [0, 0.05) is 12.6 Å². The van der Waals surface area contributed by atoms with Crippen LogP contribution in [0, 0.1) is 5.92 Å². The van der Waals surface area contributed by atoms with Crippen molar-refractivity contribution in [3.05, 3.63) is 0 Å². The van der Waals surface area contributed by atoms with Crippen LogP contribution in [0.3, 0.4) is 0 Å². The number of alkyl carbamates (subject to hydrolysis) is 1. The molecule has 0 bridgehead atoms. The zero-order valence-corrected chi connectivity index (χ0v) is 9.88. The summed E-state index contributed by atoms with van der Waals surface area (Å²) in [4.78, 5) is 11.2. The summed E-state index contributed by atoms with van der Waals surface area (Å²) < 4.78 is 4.99. The molecule has 2 atom stereocenters. The number of hydrogen-bond acceptors (Lipinski definition) is 3. The maximum absolute atomic E-state index is 11.2. The van der Waals surface area contributed by atoms with Gasteiger partial charge in [-0.1, -0.05) is 0 Å². The highest BCUT2D eigenvalue weighted by Gasteiger charge is 2.18. The summed E-state index contributed by atoms with van der Waals surface area (Å²) in [5, 5.41) is 6.20. The monoisotopic (exact) mass is 214 g/mol. The molecule has 0 aromatic rings. The van der Waals surface area contributed by atoms with Crippen LogP contribution in [0.15, 0.2) is 0 Å². The largest absolute Gasteiger partial charge is 0.447 e. The fourth-order valence-electron chi connectivity index (χ4n) is 1.72. The molecule has 1 fully saturated rings. The number of nitrogens with one attached hydrogen (secondary N) is 2. The normalized spacial score (nSPS) is 26.4. The summed E-state index contributed by atoms with van der Waals surface area (Å²) in [6.45, 7) is 7.60. The van der Waals surface area contributed by atoms with E-state index >= 15 is 0 Å². The Bertz CT molecular complexity index is 199. The topological polar surface area (TPSA) is 50.4 Å². The first-order valence-corrected chi connectivity index (χ1v) is 5.75. The lowest BCUT2D eigenvalue weighted by atomic mass is 9.95. The number of carbonyl (C=O) groups is 1. The van der Waals surface area contributed by atoms with Gasteiger partial charge in [-0.15, -0.1) is 0 Å². The van der Waals surface area contributed by atoms with E-state index in [-0.39, 0.29) is 12.2 Å². The molecule has 0 aliphatic carbocycles. The first kappa shape index (κ1) is 12.3. The summed E-state index contributed by atoms with van der Waals surface area (Å²) in [6, 6.07) is 0.615. The highest BCUT2D eigenvalue weighted by molar-refractivity contribution is 5.67. The molecule has 1 aliphatic rings. The van der Waals surface area contributed by atoms with Gasteiger partial charge in [0.05, 0.1) is 6.10 Å². The van der Waals surface area contributed by atoms with Gasteiger partial charge in [-0.05, 0) is 46.1 Å². The van der Waals surface area contributed by atoms with E-state index in [1.165, 1.54) is 12.8 Å². The van der Waals surface area contributed by atoms with E-state index in [9.17, 15) is 4.79 Å². The van der Waals surface area contributed by atoms with Gasteiger partial charge >= 0.3 is 6.09 Å². The fourth-order valence-corrected chi connectivity index (χ4v) is 1.72. The highest BCUT2D eigenvalue weighted by Crippen LogP contribution is 2.12. The van der Waals surface area contributed by atoms with Gasteiger partial charge in [0.25, 0.3) is 0 Å². The van der Waals surface area contributed by atoms with Crippen LogP contribution in [0.25, 0.3) is 0 Å². The predicted octanol–water partition coefficient (Wildman–Crippen LogP) is 1.51. The summed E-state index contributed by atoms with van der Waals surface area (Å²) in [5.74, 6) is 0.543. The predicted molar refractivity (Wildman–Crippen MR) is 59.8 cm³/mol. The number of amides is 1. The molecule has 0 aromatic carbocycles. The second kappa shape index (κ2) is 5.95. The zero-order valence-electron chi connectivity index (χ0n) is 9.88. The van der Waals surface area contributed by atoms with E-state index in [1.807, 2.05) is 13.8 Å². The average Bonchev–Trinajstić information content (AvgIpc) is 2.16. The van der Waals surface area contributed by atoms with Crippen LogP contribution in [0.2, 0.25) is 0 Å². The molecule has 4 heteroatoms. The van der Waals surface area contributed by atoms with Gasteiger partial charge in [-0.25, -0.2) is 4.79 Å². The van der Waals surface area contributed by atoms with Gasteiger partial charge in [0.2, 0.25) is 0 Å². The first-order chi connectivity index (χ1) is 7.08. The van der Waals surface area contributed by atoms with Gasteiger partial charge < -0.3 is 15.4 Å². The number of carbonyl (C=O) groups excluding carboxylic acids is 1. The number of rotatable bonds is 3. The quantitative estimate of drug-likeness (QED) is 0.748. The molecule has 1 amide bonds. The molecule has 1 rings (SSSR count). The zero-order chi connectivity index (χ0) is 11.3. The third-order valence-corrected chi connectivity index (χ3v) is 2.64. The summed E-state index contributed by atoms with van der Waals surface area (Å²) in [5.41, 5.74) is 0. The third-order valence-electron chi connectivity index (χ3n) is 2.64. The van der Waals surface area contributed by atoms with Crippen molar-refractivity contribution < 1.29 is 9.53 Å². The minimum atomic E-state index is -0.302. The fraction of sp³-hybridized carbons (Fsp3) is 0.909. The van der Waals surface area contributed by atoms with Gasteiger partial charge in [-0.2, -0.15) is 0 Å². The molecule has 0 saturated carbocycles. The Hall–Kier alpha value is -0.770. The standard InChI is InChI=1S/C11H22N2O2/c1-8(2)15-11(14)13-7-10-5-4-9(3)12-6-10/h8-10,12H,4-7H2,1-3H3,(H,13,14). The van der Waals surface area contributed by atoms with E-state index in [4.69, 9.17) is 4.74 Å². The lowest BCUT2D eigenvalue weighted by Crippen LogP contribution is -2.42. The molecule has 2 N–H and O–H groups in total. The van der Waals surface area contributed by atoms with Crippen LogP contribution in [-0.2, 0) is 4.74 Å². The Kier molecular flexibility index (Phi) is 4.88. The SMILES string of the molecule is CC1CCC(CNC(=O)OC(C)C)CN1. The Labute approximate surface area is 91.8 Å². The van der Waals surface area contributed by atoms with Crippen LogP contribution in [0.4, 0.5) is 4.79 Å². The average molecular weight is 214 g/mol. The van der Waals surface area contributed by atoms with Crippen LogP contribution in [0.1, 0.15) is 33.6 Å². The Morgan fingerprint density at radius 2 is 2.27 bits per heavy atom. The van der Waals surface area contributed by atoms with Crippen molar-refractivity contribution >= 4 is 6.09 Å². The lowest BCUT2D eigenvalue weighted by Gasteiger charge is -2.27. The van der Waals surface area contributed by atoms with Crippen LogP contribution in [-0.4, -0.2) is 31.3 Å². The Morgan fingerprint density at radius 1 is 1.53 bits per heavy atom. The molecule has 2 unspecified atom stereocenters. The number of hydrogen-bond donors (Lipinski definition) is 2. The molecule has 1 heterocycles. The second-order valence-corrected chi connectivity index (χ2v) is 4.59. The maximum atomic E-state index is 11.2. The molecule has 0 spiro atoms. The summed E-state index contributed by atoms with van der Waals surface area (Å²) >= 11 is 0. The molecular formula is C11H22N2O2. The van der Waals surface area contributed by atoms with Crippen molar-refractivity contribution in [1.82, 2.24) is 10.6 Å². The van der Waals surface area contributed by atoms with Crippen LogP contribution in [0.5, 0.6) is 0 Å². The minimum Gasteiger partial charge on any atom is -0.447 e. The van der Waals surface area contributed by atoms with Crippen molar-refractivity contribution in [2.45, 2.75) is 45.8 Å². The number of ether oxygens (including phenoxy) is 1. The molecule has 88 valence electrons. The van der Waals surface area contributed by atoms with Crippen LogP contribution >= 0.6 is 0 Å². The molecule has 1 saturated heterocycles. The van der Waals surface area contributed by atoms with Crippen molar-refractivity contribution in [3.63, 3.8) is 0 Å². The van der Waals surface area contributed by atoms with E-state index in [0.29, 0.717) is 18.5 Å². The van der Waals surface area contributed by atoms with Crippen molar-refractivity contribution in [1.29, 1.82) is 0 Å². The highest BCUT2D eigenvalue weighted by atomic mass is 16.6. The third kappa shape index (κ3) is 5.02. The van der Waals surface area contributed by atoms with E-state index < -0.39 is 0 Å². The van der Waals surface area contributed by atoms with Crippen LogP contribution < -0.4 is 10.6 Å². The molecule has 0 aromatic heterocycles. The molecule has 1 aliphatic heterocycles. The smallest absolute Gasteiger partial charge is 0.407 e. The molecule has 4 nitrogen and oxygen atoms in total. The summed E-state index contributed by atoms with van der Waals surface area (Å²) in [7, 11) is 0. The van der Waals surface area contributed by atoms with E-state index in [2.05, 4.69) is 17.6 Å². The van der Waals surface area contributed by atoms with E-state index in [0.717, 1.165) is 6.54 Å². The first-order valence-electron chi connectivity index (χ1n) is 5.75. The van der Waals surface area contributed by atoms with Gasteiger partial charge in [0.15, 0.2) is 0 Å². The molecule has 15 heavy (non-hydrogen) atoms. The molecule has 0 radical (unpaired) electrons. The van der Waals surface area contributed by atoms with Crippen molar-refractivity contribution in [2.75, 3.05) is 13.1 Å².